The van der Waals surface area contributed by atoms with Gasteiger partial charge in [0.2, 0.25) is 0 Å². The molecule has 0 spiro atoms. The van der Waals surface area contributed by atoms with E-state index in [-0.39, 0.29) is 18.6 Å². The summed E-state index contributed by atoms with van der Waals surface area (Å²) >= 11 is 0. The van der Waals surface area contributed by atoms with Crippen LogP contribution in [0.15, 0.2) is 18.5 Å². The topological polar surface area (TPSA) is 134 Å². The predicted molar refractivity (Wildman–Crippen MR) is 103 cm³/mol. The number of rotatable bonds is 3. The van der Waals surface area contributed by atoms with Crippen LogP contribution in [0.5, 0.6) is 0 Å². The molecule has 2 aromatic heterocycles. The van der Waals surface area contributed by atoms with E-state index in [0.29, 0.717) is 17.0 Å². The molecule has 156 valence electrons. The summed E-state index contributed by atoms with van der Waals surface area (Å²) in [5.41, 5.74) is 5.78. The first-order valence-electron chi connectivity index (χ1n) is 9.29. The van der Waals surface area contributed by atoms with Crippen molar-refractivity contribution in [3.63, 3.8) is 0 Å². The maximum absolute atomic E-state index is 13.0. The van der Waals surface area contributed by atoms with Crippen LogP contribution in [0.25, 0.3) is 5.52 Å². The molecule has 0 amide bonds. The molecule has 2 N–H and O–H groups in total. The van der Waals surface area contributed by atoms with Gasteiger partial charge in [0.05, 0.1) is 25.0 Å². The Labute approximate surface area is 168 Å². The monoisotopic (exact) mass is 421 g/mol. The summed E-state index contributed by atoms with van der Waals surface area (Å²) in [6.07, 6.45) is -0.723. The molecule has 0 bridgehead atoms. The molecule has 29 heavy (non-hydrogen) atoms. The van der Waals surface area contributed by atoms with E-state index < -0.39 is 31.5 Å². The molecular weight excluding hydrogens is 397 g/mol. The molecular formula is C18H24N5O5P. The van der Waals surface area contributed by atoms with Crippen LogP contribution in [-0.2, 0) is 22.9 Å². The van der Waals surface area contributed by atoms with Crippen molar-refractivity contribution in [3.05, 3.63) is 24.2 Å². The SMILES string of the molecule is CC(C)(C)COP1(=O)OC[C@H]2O[C@@H](c3ccc4c(N)ncnn34)[C@](C)(C#N)[C@@H]2O1. The average molecular weight is 421 g/mol. The second kappa shape index (κ2) is 6.76. The number of phosphoric ester groups is 1. The smallest absolute Gasteiger partial charge is 0.382 e. The molecule has 4 heterocycles. The van der Waals surface area contributed by atoms with Crippen LogP contribution in [0.2, 0.25) is 0 Å². The van der Waals surface area contributed by atoms with Crippen molar-refractivity contribution in [2.24, 2.45) is 10.8 Å². The van der Waals surface area contributed by atoms with Crippen LogP contribution < -0.4 is 5.73 Å². The van der Waals surface area contributed by atoms with Gasteiger partial charge in [-0.3, -0.25) is 13.6 Å². The lowest BCUT2D eigenvalue weighted by Gasteiger charge is -2.35. The van der Waals surface area contributed by atoms with E-state index in [9.17, 15) is 9.83 Å². The van der Waals surface area contributed by atoms with Crippen molar-refractivity contribution in [1.82, 2.24) is 14.6 Å². The number of fused-ring (bicyclic) bond motifs is 2. The molecule has 2 aliphatic rings. The largest absolute Gasteiger partial charge is 0.475 e. The fourth-order valence-electron chi connectivity index (χ4n) is 3.57. The lowest BCUT2D eigenvalue weighted by atomic mass is 9.79. The van der Waals surface area contributed by atoms with Crippen LogP contribution in [0.1, 0.15) is 39.5 Å². The fourth-order valence-corrected chi connectivity index (χ4v) is 5.28. The Morgan fingerprint density at radius 2 is 2.24 bits per heavy atom. The van der Waals surface area contributed by atoms with Crippen molar-refractivity contribution in [3.8, 4) is 6.07 Å². The van der Waals surface area contributed by atoms with Gasteiger partial charge in [-0.2, -0.15) is 10.4 Å². The third-order valence-corrected chi connectivity index (χ3v) is 6.50. The highest BCUT2D eigenvalue weighted by Gasteiger charge is 2.61. The lowest BCUT2D eigenvalue weighted by Crippen LogP contribution is -2.42. The standard InChI is InChI=1S/C18H24N5O5P/c1-17(2,3)9-26-29(24)25-7-13-15(28-29)18(4,8-19)14(27-13)11-5-6-12-16(20)21-10-22-23(11)12/h5-6,10,13-15H,7,9H2,1-4H3,(H2,20,21,22)/t13-,14+,15-,18+,29?/m1/s1. The minimum atomic E-state index is -3.82. The number of nitrogens with two attached hydrogens (primary N) is 1. The molecule has 1 unspecified atom stereocenters. The maximum Gasteiger partial charge on any atom is 0.475 e. The van der Waals surface area contributed by atoms with Gasteiger partial charge in [0.25, 0.3) is 0 Å². The Kier molecular flexibility index (Phi) is 4.72. The summed E-state index contributed by atoms with van der Waals surface area (Å²) in [5.74, 6) is 0.319. The second-order valence-electron chi connectivity index (χ2n) is 8.75. The highest BCUT2D eigenvalue weighted by Crippen LogP contribution is 2.62. The van der Waals surface area contributed by atoms with Gasteiger partial charge in [-0.15, -0.1) is 0 Å². The third-order valence-electron chi connectivity index (χ3n) is 5.10. The molecule has 4 rings (SSSR count). The molecule has 2 fully saturated rings. The summed E-state index contributed by atoms with van der Waals surface area (Å²) in [4.78, 5) is 3.98. The van der Waals surface area contributed by atoms with E-state index in [0.717, 1.165) is 0 Å². The number of nitrogen functional groups attached to an aromatic ring is 1. The van der Waals surface area contributed by atoms with Crippen molar-refractivity contribution in [2.45, 2.75) is 46.0 Å². The summed E-state index contributed by atoms with van der Waals surface area (Å²) < 4.78 is 37.4. The van der Waals surface area contributed by atoms with E-state index in [1.807, 2.05) is 20.8 Å². The van der Waals surface area contributed by atoms with Gasteiger partial charge in [-0.25, -0.2) is 14.1 Å². The number of nitrogens with zero attached hydrogens (tertiary/aromatic N) is 4. The molecule has 11 heteroatoms. The number of nitriles is 1. The first-order valence-corrected chi connectivity index (χ1v) is 10.7. The number of phosphoric acid groups is 1. The minimum absolute atomic E-state index is 0.000286. The summed E-state index contributed by atoms with van der Waals surface area (Å²) in [5, 5.41) is 14.3. The number of ether oxygens (including phenoxy) is 1. The van der Waals surface area contributed by atoms with Gasteiger partial charge >= 0.3 is 7.82 Å². The fraction of sp³-hybridized carbons (Fsp3) is 0.611. The van der Waals surface area contributed by atoms with Crippen molar-refractivity contribution in [2.75, 3.05) is 18.9 Å². The number of hydrogen-bond acceptors (Lipinski definition) is 9. The Morgan fingerprint density at radius 1 is 1.48 bits per heavy atom. The molecule has 5 atom stereocenters. The van der Waals surface area contributed by atoms with Gasteiger partial charge in [0, 0.05) is 0 Å². The zero-order valence-corrected chi connectivity index (χ0v) is 17.6. The van der Waals surface area contributed by atoms with Crippen LogP contribution in [-0.4, -0.2) is 40.0 Å². The third kappa shape index (κ3) is 3.43. The molecule has 0 radical (unpaired) electrons. The lowest BCUT2D eigenvalue weighted by molar-refractivity contribution is -0.0634. The maximum atomic E-state index is 13.0. The van der Waals surface area contributed by atoms with Crippen molar-refractivity contribution >= 4 is 19.2 Å². The zero-order chi connectivity index (χ0) is 21.0. The molecule has 2 aliphatic heterocycles. The number of aromatic nitrogens is 3. The Balaban J connectivity index is 1.66. The van der Waals surface area contributed by atoms with Crippen LogP contribution >= 0.6 is 7.82 Å². The van der Waals surface area contributed by atoms with E-state index in [1.165, 1.54) is 6.33 Å². The first kappa shape index (κ1) is 20.3. The van der Waals surface area contributed by atoms with E-state index >= 15 is 0 Å². The van der Waals surface area contributed by atoms with Crippen LogP contribution in [0, 0.1) is 22.2 Å². The average Bonchev–Trinajstić information content (AvgIpc) is 3.20. The summed E-state index contributed by atoms with van der Waals surface area (Å²) in [6, 6.07) is 5.85. The van der Waals surface area contributed by atoms with E-state index in [1.54, 1.807) is 23.6 Å². The van der Waals surface area contributed by atoms with Gasteiger partial charge in [-0.1, -0.05) is 20.8 Å². The predicted octanol–water partition coefficient (Wildman–Crippen LogP) is 2.87. The van der Waals surface area contributed by atoms with Crippen molar-refractivity contribution < 1.29 is 22.9 Å². The highest BCUT2D eigenvalue weighted by atomic mass is 31.2. The summed E-state index contributed by atoms with van der Waals surface area (Å²) in [7, 11) is -3.82. The summed E-state index contributed by atoms with van der Waals surface area (Å²) in [6.45, 7) is 7.75. The van der Waals surface area contributed by atoms with Gasteiger partial charge in [0.1, 0.15) is 35.6 Å². The van der Waals surface area contributed by atoms with Crippen LogP contribution in [0.3, 0.4) is 0 Å². The van der Waals surface area contributed by atoms with E-state index in [2.05, 4.69) is 16.2 Å². The normalized spacial score (nSPS) is 34.8. The number of anilines is 1. The Bertz CT molecular complexity index is 1030. The molecule has 0 saturated carbocycles. The highest BCUT2D eigenvalue weighted by molar-refractivity contribution is 7.48. The molecule has 2 saturated heterocycles. The zero-order valence-electron chi connectivity index (χ0n) is 16.7. The molecule has 10 nitrogen and oxygen atoms in total. The Morgan fingerprint density at radius 3 is 2.93 bits per heavy atom. The van der Waals surface area contributed by atoms with Gasteiger partial charge < -0.3 is 10.5 Å². The van der Waals surface area contributed by atoms with Gasteiger partial charge in [-0.05, 0) is 24.5 Å². The van der Waals surface area contributed by atoms with E-state index in [4.69, 9.17) is 24.0 Å². The van der Waals surface area contributed by atoms with Crippen LogP contribution in [0.4, 0.5) is 5.82 Å². The molecule has 0 aromatic carbocycles. The second-order valence-corrected chi connectivity index (χ2v) is 10.4. The van der Waals surface area contributed by atoms with Gasteiger partial charge in [0.15, 0.2) is 5.82 Å². The number of hydrogen-bond donors (Lipinski definition) is 1. The first-order chi connectivity index (χ1) is 13.6. The quantitative estimate of drug-likeness (QED) is 0.742. The Hall–Kier alpha value is -2.02. The minimum Gasteiger partial charge on any atom is -0.382 e. The van der Waals surface area contributed by atoms with Crippen molar-refractivity contribution in [1.29, 1.82) is 5.26 Å². The molecule has 2 aromatic rings. The molecule has 0 aliphatic carbocycles.